The summed E-state index contributed by atoms with van der Waals surface area (Å²) in [5.41, 5.74) is 1.43. The lowest BCUT2D eigenvalue weighted by atomic mass is 10.2. The maximum Gasteiger partial charge on any atom is 0.338 e. The summed E-state index contributed by atoms with van der Waals surface area (Å²) in [6.45, 7) is 0.211. The van der Waals surface area contributed by atoms with Gasteiger partial charge in [0.15, 0.2) is 6.61 Å². The summed E-state index contributed by atoms with van der Waals surface area (Å²) in [4.78, 5) is 25.4. The molecule has 2 aromatic carbocycles. The van der Waals surface area contributed by atoms with Crippen molar-refractivity contribution in [3.63, 3.8) is 0 Å². The Balaban J connectivity index is 1.85. The Kier molecular flexibility index (Phi) is 5.72. The zero-order valence-corrected chi connectivity index (χ0v) is 13.7. The first-order valence-corrected chi connectivity index (χ1v) is 7.56. The average molecular weight is 362 g/mol. The van der Waals surface area contributed by atoms with E-state index in [-0.39, 0.29) is 12.5 Å². The third-order valence-corrected chi connectivity index (χ3v) is 3.57. The topological polar surface area (TPSA) is 46.6 Å². The van der Waals surface area contributed by atoms with Crippen LogP contribution in [-0.2, 0) is 16.1 Å². The first-order valence-electron chi connectivity index (χ1n) is 6.77. The van der Waals surface area contributed by atoms with Crippen LogP contribution in [0.2, 0.25) is 0 Å². The highest BCUT2D eigenvalue weighted by Crippen LogP contribution is 2.12. The van der Waals surface area contributed by atoms with Crippen molar-refractivity contribution in [2.24, 2.45) is 0 Å². The Morgan fingerprint density at radius 2 is 1.82 bits per heavy atom. The summed E-state index contributed by atoms with van der Waals surface area (Å²) in [5.74, 6) is -0.755. The molecule has 0 radical (unpaired) electrons. The van der Waals surface area contributed by atoms with Crippen LogP contribution in [0.15, 0.2) is 59.1 Å². The molecule has 4 nitrogen and oxygen atoms in total. The number of carbonyl (C=O) groups is 2. The smallest absolute Gasteiger partial charge is 0.338 e. The van der Waals surface area contributed by atoms with E-state index in [1.807, 2.05) is 36.4 Å². The minimum Gasteiger partial charge on any atom is -0.452 e. The van der Waals surface area contributed by atoms with E-state index in [2.05, 4.69) is 15.9 Å². The third-order valence-electron chi connectivity index (χ3n) is 3.08. The lowest BCUT2D eigenvalue weighted by Gasteiger charge is -2.17. The molecule has 2 rings (SSSR count). The van der Waals surface area contributed by atoms with Crippen molar-refractivity contribution in [2.45, 2.75) is 6.54 Å². The maximum atomic E-state index is 12.0. The van der Waals surface area contributed by atoms with Crippen molar-refractivity contribution in [2.75, 3.05) is 13.7 Å². The summed E-state index contributed by atoms with van der Waals surface area (Å²) in [6.07, 6.45) is 0. The number of nitrogens with zero attached hydrogens (tertiary/aromatic N) is 1. The van der Waals surface area contributed by atoms with Crippen LogP contribution in [0.25, 0.3) is 0 Å². The van der Waals surface area contributed by atoms with Crippen LogP contribution >= 0.6 is 15.9 Å². The summed E-state index contributed by atoms with van der Waals surface area (Å²) < 4.78 is 5.84. The second kappa shape index (κ2) is 7.75. The zero-order valence-electron chi connectivity index (χ0n) is 12.2. The van der Waals surface area contributed by atoms with Gasteiger partial charge >= 0.3 is 5.97 Å². The monoisotopic (exact) mass is 361 g/mol. The molecule has 0 saturated carbocycles. The Morgan fingerprint density at radius 3 is 2.50 bits per heavy atom. The number of benzene rings is 2. The van der Waals surface area contributed by atoms with Gasteiger partial charge in [0.25, 0.3) is 5.91 Å². The van der Waals surface area contributed by atoms with Gasteiger partial charge in [-0.15, -0.1) is 0 Å². The largest absolute Gasteiger partial charge is 0.452 e. The van der Waals surface area contributed by atoms with Gasteiger partial charge in [-0.05, 0) is 23.8 Å². The number of hydrogen-bond acceptors (Lipinski definition) is 3. The zero-order chi connectivity index (χ0) is 15.9. The van der Waals surface area contributed by atoms with Crippen molar-refractivity contribution in [3.05, 3.63) is 70.2 Å². The Hall–Kier alpha value is -2.14. The van der Waals surface area contributed by atoms with Gasteiger partial charge in [0, 0.05) is 18.1 Å². The van der Waals surface area contributed by atoms with Crippen LogP contribution in [0.4, 0.5) is 0 Å². The van der Waals surface area contributed by atoms with E-state index in [1.54, 1.807) is 25.2 Å². The molecule has 0 heterocycles. The number of esters is 1. The fraction of sp³-hybridized carbons (Fsp3) is 0.176. The minimum atomic E-state index is -0.511. The highest BCUT2D eigenvalue weighted by Gasteiger charge is 2.13. The van der Waals surface area contributed by atoms with Gasteiger partial charge in [-0.3, -0.25) is 4.79 Å². The summed E-state index contributed by atoms with van der Waals surface area (Å²) in [7, 11) is 1.68. The molecule has 0 aliphatic carbocycles. The SMILES string of the molecule is CN(Cc1ccccc1)C(=O)COC(=O)c1cccc(Br)c1. The van der Waals surface area contributed by atoms with Crippen molar-refractivity contribution in [3.8, 4) is 0 Å². The quantitative estimate of drug-likeness (QED) is 0.767. The average Bonchev–Trinajstić information content (AvgIpc) is 2.53. The molecule has 0 spiro atoms. The number of ether oxygens (including phenoxy) is 1. The molecule has 0 fully saturated rings. The van der Waals surface area contributed by atoms with E-state index >= 15 is 0 Å². The minimum absolute atomic E-state index is 0.243. The fourth-order valence-corrected chi connectivity index (χ4v) is 2.28. The predicted octanol–water partition coefficient (Wildman–Crippen LogP) is 3.26. The summed E-state index contributed by atoms with van der Waals surface area (Å²) in [5, 5.41) is 0. The lowest BCUT2D eigenvalue weighted by molar-refractivity contribution is -0.133. The van der Waals surface area contributed by atoms with E-state index in [9.17, 15) is 9.59 Å². The molecule has 22 heavy (non-hydrogen) atoms. The summed E-state index contributed by atoms with van der Waals surface area (Å²) in [6, 6.07) is 16.5. The molecule has 1 amide bonds. The molecule has 0 saturated heterocycles. The van der Waals surface area contributed by atoms with E-state index in [0.717, 1.165) is 10.0 Å². The van der Waals surface area contributed by atoms with Gasteiger partial charge in [-0.25, -0.2) is 4.79 Å². The highest BCUT2D eigenvalue weighted by molar-refractivity contribution is 9.10. The number of halogens is 1. The highest BCUT2D eigenvalue weighted by atomic mass is 79.9. The number of likely N-dealkylation sites (N-methyl/N-ethyl adjacent to an activating group) is 1. The maximum absolute atomic E-state index is 12.0. The Morgan fingerprint density at radius 1 is 1.09 bits per heavy atom. The standard InChI is InChI=1S/C17H16BrNO3/c1-19(11-13-6-3-2-4-7-13)16(20)12-22-17(21)14-8-5-9-15(18)10-14/h2-10H,11-12H2,1H3. The molecule has 0 bridgehead atoms. The van der Waals surface area contributed by atoms with Gasteiger partial charge in [-0.1, -0.05) is 52.3 Å². The molecule has 0 aromatic heterocycles. The van der Waals surface area contributed by atoms with Crippen LogP contribution in [0.3, 0.4) is 0 Å². The van der Waals surface area contributed by atoms with Crippen molar-refractivity contribution in [1.82, 2.24) is 4.90 Å². The van der Waals surface area contributed by atoms with Crippen molar-refractivity contribution < 1.29 is 14.3 Å². The first kappa shape index (κ1) is 16.2. The molecule has 0 atom stereocenters. The predicted molar refractivity (Wildman–Crippen MR) is 87.3 cm³/mol. The van der Waals surface area contributed by atoms with Crippen LogP contribution < -0.4 is 0 Å². The van der Waals surface area contributed by atoms with Crippen LogP contribution in [0.1, 0.15) is 15.9 Å². The van der Waals surface area contributed by atoms with E-state index in [1.165, 1.54) is 4.90 Å². The molecular weight excluding hydrogens is 346 g/mol. The molecule has 0 aliphatic heterocycles. The second-order valence-corrected chi connectivity index (χ2v) is 5.74. The number of hydrogen-bond donors (Lipinski definition) is 0. The molecular formula is C17H16BrNO3. The third kappa shape index (κ3) is 4.70. The second-order valence-electron chi connectivity index (χ2n) is 4.82. The summed E-state index contributed by atoms with van der Waals surface area (Å²) >= 11 is 3.29. The molecule has 0 N–H and O–H groups in total. The Labute approximate surface area is 137 Å². The van der Waals surface area contributed by atoms with E-state index in [0.29, 0.717) is 12.1 Å². The molecule has 114 valence electrons. The van der Waals surface area contributed by atoms with Gasteiger partial charge in [0.2, 0.25) is 0 Å². The fourth-order valence-electron chi connectivity index (χ4n) is 1.88. The van der Waals surface area contributed by atoms with E-state index in [4.69, 9.17) is 4.74 Å². The van der Waals surface area contributed by atoms with Crippen LogP contribution in [0, 0.1) is 0 Å². The van der Waals surface area contributed by atoms with Crippen LogP contribution in [-0.4, -0.2) is 30.4 Å². The number of carbonyl (C=O) groups excluding carboxylic acids is 2. The van der Waals surface area contributed by atoms with Gasteiger partial charge in [0.1, 0.15) is 0 Å². The van der Waals surface area contributed by atoms with Gasteiger partial charge in [-0.2, -0.15) is 0 Å². The molecule has 0 aliphatic rings. The lowest BCUT2D eigenvalue weighted by Crippen LogP contribution is -2.30. The number of amides is 1. The normalized spacial score (nSPS) is 10.1. The van der Waals surface area contributed by atoms with Crippen molar-refractivity contribution >= 4 is 27.8 Å². The molecule has 0 unspecified atom stereocenters. The van der Waals surface area contributed by atoms with Crippen molar-refractivity contribution in [1.29, 1.82) is 0 Å². The number of rotatable bonds is 5. The van der Waals surface area contributed by atoms with Gasteiger partial charge < -0.3 is 9.64 Å². The van der Waals surface area contributed by atoms with E-state index < -0.39 is 5.97 Å². The van der Waals surface area contributed by atoms with Crippen LogP contribution in [0.5, 0.6) is 0 Å². The first-order chi connectivity index (χ1) is 10.6. The molecule has 5 heteroatoms. The Bertz CT molecular complexity index is 658. The van der Waals surface area contributed by atoms with Gasteiger partial charge in [0.05, 0.1) is 5.56 Å². The molecule has 2 aromatic rings.